The number of aliphatic carboxylic acids is 1. The lowest BCUT2D eigenvalue weighted by atomic mass is 10.0. The van der Waals surface area contributed by atoms with Crippen LogP contribution in [0.1, 0.15) is 12.8 Å². The molecule has 1 N–H and O–H groups in total. The molecule has 0 radical (unpaired) electrons. The van der Waals surface area contributed by atoms with Gasteiger partial charge in [0.25, 0.3) is 0 Å². The number of likely N-dealkylation sites (tertiary alicyclic amines) is 1. The van der Waals surface area contributed by atoms with Crippen molar-refractivity contribution in [3.63, 3.8) is 0 Å². The number of rotatable bonds is 5. The van der Waals surface area contributed by atoms with Gasteiger partial charge in [-0.2, -0.15) is 5.26 Å². The van der Waals surface area contributed by atoms with Crippen molar-refractivity contribution in [2.75, 3.05) is 33.4 Å². The Morgan fingerprint density at radius 3 is 3.12 bits per heavy atom. The smallest absolute Gasteiger partial charge is 0.329 e. The standard InChI is InChI=1S/C11H17N3O3/c1-14-7-9(2-3-10(14)6-12)13-4-5-17-8-11(15)16/h10H,2-5,7-8H2,1H3,(H,15,16). The van der Waals surface area contributed by atoms with E-state index in [0.29, 0.717) is 19.7 Å². The van der Waals surface area contributed by atoms with Crippen molar-refractivity contribution in [2.45, 2.75) is 18.9 Å². The molecule has 6 nitrogen and oxygen atoms in total. The molecular formula is C11H17N3O3. The maximum absolute atomic E-state index is 10.2. The molecule has 1 fully saturated rings. The normalized spacial score (nSPS) is 23.5. The fourth-order valence-corrected chi connectivity index (χ4v) is 1.72. The lowest BCUT2D eigenvalue weighted by Crippen LogP contribution is -2.40. The van der Waals surface area contributed by atoms with Crippen molar-refractivity contribution < 1.29 is 14.6 Å². The first-order chi connectivity index (χ1) is 8.13. The summed E-state index contributed by atoms with van der Waals surface area (Å²) in [6, 6.07) is 2.23. The number of carboxylic acid groups (broad SMARTS) is 1. The molecular weight excluding hydrogens is 222 g/mol. The van der Waals surface area contributed by atoms with Crippen LogP contribution >= 0.6 is 0 Å². The zero-order chi connectivity index (χ0) is 12.7. The van der Waals surface area contributed by atoms with E-state index >= 15 is 0 Å². The van der Waals surface area contributed by atoms with Crippen LogP contribution in [0, 0.1) is 11.3 Å². The van der Waals surface area contributed by atoms with Gasteiger partial charge in [0, 0.05) is 12.3 Å². The minimum atomic E-state index is -0.966. The number of ether oxygens (including phenoxy) is 1. The third kappa shape index (κ3) is 4.93. The van der Waals surface area contributed by atoms with Crippen LogP contribution in [0.3, 0.4) is 0 Å². The Bertz CT molecular complexity index is 335. The summed E-state index contributed by atoms with van der Waals surface area (Å²) in [5.74, 6) is -0.966. The predicted octanol–water partition coefficient (Wildman–Crippen LogP) is 0.146. The second-order valence-electron chi connectivity index (χ2n) is 3.99. The first kappa shape index (κ1) is 13.6. The summed E-state index contributed by atoms with van der Waals surface area (Å²) in [7, 11) is 1.91. The van der Waals surface area contributed by atoms with E-state index in [1.165, 1.54) is 0 Å². The molecule has 0 bridgehead atoms. The molecule has 0 aromatic heterocycles. The average molecular weight is 239 g/mol. The highest BCUT2D eigenvalue weighted by Crippen LogP contribution is 2.12. The van der Waals surface area contributed by atoms with Crippen LogP contribution in [0.4, 0.5) is 0 Å². The van der Waals surface area contributed by atoms with Gasteiger partial charge in [0.2, 0.25) is 0 Å². The number of hydrogen-bond acceptors (Lipinski definition) is 5. The Morgan fingerprint density at radius 1 is 1.76 bits per heavy atom. The van der Waals surface area contributed by atoms with Crippen LogP contribution in [-0.2, 0) is 9.53 Å². The minimum absolute atomic E-state index is 0.0165. The predicted molar refractivity (Wildman–Crippen MR) is 62.0 cm³/mol. The maximum Gasteiger partial charge on any atom is 0.329 e. The number of piperidine rings is 1. The number of hydrogen-bond donors (Lipinski definition) is 1. The van der Waals surface area contributed by atoms with Gasteiger partial charge in [-0.15, -0.1) is 0 Å². The molecule has 1 aliphatic heterocycles. The van der Waals surface area contributed by atoms with Gasteiger partial charge in [0.15, 0.2) is 0 Å². The van der Waals surface area contributed by atoms with E-state index in [-0.39, 0.29) is 12.6 Å². The Morgan fingerprint density at radius 2 is 2.53 bits per heavy atom. The molecule has 0 aliphatic carbocycles. The van der Waals surface area contributed by atoms with E-state index < -0.39 is 5.97 Å². The first-order valence-corrected chi connectivity index (χ1v) is 5.55. The van der Waals surface area contributed by atoms with Crippen LogP contribution in [-0.4, -0.2) is 61.1 Å². The van der Waals surface area contributed by atoms with Crippen molar-refractivity contribution in [1.82, 2.24) is 4.90 Å². The number of nitriles is 1. The number of carbonyl (C=O) groups is 1. The lowest BCUT2D eigenvalue weighted by molar-refractivity contribution is -0.142. The quantitative estimate of drug-likeness (QED) is 0.690. The highest BCUT2D eigenvalue weighted by atomic mass is 16.5. The van der Waals surface area contributed by atoms with Crippen molar-refractivity contribution in [3.05, 3.63) is 0 Å². The third-order valence-electron chi connectivity index (χ3n) is 2.62. The molecule has 0 saturated carbocycles. The summed E-state index contributed by atoms with van der Waals surface area (Å²) in [5, 5.41) is 17.2. The second kappa shape index (κ2) is 6.99. The summed E-state index contributed by atoms with van der Waals surface area (Å²) >= 11 is 0. The summed E-state index contributed by atoms with van der Waals surface area (Å²) in [6.45, 7) is 1.23. The van der Waals surface area contributed by atoms with Gasteiger partial charge in [0.05, 0.1) is 25.3 Å². The van der Waals surface area contributed by atoms with Gasteiger partial charge >= 0.3 is 5.97 Å². The maximum atomic E-state index is 10.2. The number of aliphatic imine (C=N–C) groups is 1. The van der Waals surface area contributed by atoms with Gasteiger partial charge in [-0.25, -0.2) is 4.79 Å². The Balaban J connectivity index is 2.23. The van der Waals surface area contributed by atoms with Crippen molar-refractivity contribution in [3.8, 4) is 6.07 Å². The summed E-state index contributed by atoms with van der Waals surface area (Å²) in [5.41, 5.74) is 1.05. The molecule has 1 saturated heterocycles. The summed E-state index contributed by atoms with van der Waals surface area (Å²) < 4.78 is 4.88. The van der Waals surface area contributed by atoms with Crippen LogP contribution in [0.5, 0.6) is 0 Å². The van der Waals surface area contributed by atoms with Crippen LogP contribution in [0.2, 0.25) is 0 Å². The number of carboxylic acids is 1. The van der Waals surface area contributed by atoms with Gasteiger partial charge in [0.1, 0.15) is 6.61 Å². The average Bonchev–Trinajstić information content (AvgIpc) is 2.28. The molecule has 94 valence electrons. The van der Waals surface area contributed by atoms with E-state index in [9.17, 15) is 4.79 Å². The fourth-order valence-electron chi connectivity index (χ4n) is 1.72. The lowest BCUT2D eigenvalue weighted by Gasteiger charge is -2.28. The van der Waals surface area contributed by atoms with E-state index in [1.54, 1.807) is 0 Å². The second-order valence-corrected chi connectivity index (χ2v) is 3.99. The van der Waals surface area contributed by atoms with Crippen molar-refractivity contribution in [1.29, 1.82) is 5.26 Å². The third-order valence-corrected chi connectivity index (χ3v) is 2.62. The molecule has 1 aliphatic rings. The molecule has 17 heavy (non-hydrogen) atoms. The fraction of sp³-hybridized carbons (Fsp3) is 0.727. The van der Waals surface area contributed by atoms with Crippen molar-refractivity contribution >= 4 is 11.7 Å². The van der Waals surface area contributed by atoms with Gasteiger partial charge in [-0.3, -0.25) is 9.89 Å². The Labute approximate surface area is 100 Å². The molecule has 1 atom stereocenters. The van der Waals surface area contributed by atoms with Gasteiger partial charge < -0.3 is 9.84 Å². The SMILES string of the molecule is CN1CC(=NCCOCC(=O)O)CCC1C#N. The topological polar surface area (TPSA) is 85.9 Å². The molecule has 0 aromatic rings. The number of nitrogens with zero attached hydrogens (tertiary/aromatic N) is 3. The largest absolute Gasteiger partial charge is 0.480 e. The van der Waals surface area contributed by atoms with Crippen LogP contribution in [0.25, 0.3) is 0 Å². The molecule has 0 spiro atoms. The summed E-state index contributed by atoms with van der Waals surface area (Å²) in [4.78, 5) is 16.5. The monoisotopic (exact) mass is 239 g/mol. The molecule has 6 heteroatoms. The molecule has 1 rings (SSSR count). The van der Waals surface area contributed by atoms with Crippen LogP contribution in [0.15, 0.2) is 4.99 Å². The Hall–Kier alpha value is -1.45. The highest BCUT2D eigenvalue weighted by molar-refractivity contribution is 5.87. The zero-order valence-corrected chi connectivity index (χ0v) is 9.93. The van der Waals surface area contributed by atoms with Crippen LogP contribution < -0.4 is 0 Å². The zero-order valence-electron chi connectivity index (χ0n) is 9.93. The first-order valence-electron chi connectivity index (χ1n) is 5.55. The molecule has 0 aromatic carbocycles. The van der Waals surface area contributed by atoms with Crippen molar-refractivity contribution in [2.24, 2.45) is 4.99 Å². The highest BCUT2D eigenvalue weighted by Gasteiger charge is 2.21. The van der Waals surface area contributed by atoms with E-state index in [1.807, 2.05) is 11.9 Å². The molecule has 0 amide bonds. The molecule has 1 heterocycles. The van der Waals surface area contributed by atoms with E-state index in [0.717, 1.165) is 18.6 Å². The van der Waals surface area contributed by atoms with Gasteiger partial charge in [-0.1, -0.05) is 0 Å². The minimum Gasteiger partial charge on any atom is -0.480 e. The molecule has 1 unspecified atom stereocenters. The Kier molecular flexibility index (Phi) is 5.60. The summed E-state index contributed by atoms with van der Waals surface area (Å²) in [6.07, 6.45) is 1.64. The van der Waals surface area contributed by atoms with Gasteiger partial charge in [-0.05, 0) is 19.9 Å². The van der Waals surface area contributed by atoms with E-state index in [4.69, 9.17) is 15.1 Å². The van der Waals surface area contributed by atoms with E-state index in [2.05, 4.69) is 11.1 Å².